The van der Waals surface area contributed by atoms with Crippen molar-refractivity contribution >= 4 is 38.9 Å². The molecule has 0 radical (unpaired) electrons. The highest BCUT2D eigenvalue weighted by Crippen LogP contribution is 2.63. The molecule has 2 bridgehead atoms. The van der Waals surface area contributed by atoms with Gasteiger partial charge in [0.1, 0.15) is 5.76 Å². The molecule has 3 aliphatic carbocycles. The van der Waals surface area contributed by atoms with Crippen LogP contribution in [0.3, 0.4) is 0 Å². The average molecular weight is 365 g/mol. The number of rotatable bonds is 0. The summed E-state index contributed by atoms with van der Waals surface area (Å²) in [6, 6.07) is 7.44. The molecule has 130 valence electrons. The number of hydrogen-bond donors (Lipinski definition) is 0. The van der Waals surface area contributed by atoms with Gasteiger partial charge in [0.05, 0.1) is 5.39 Å². The summed E-state index contributed by atoms with van der Waals surface area (Å²) in [6.07, 6.45) is 3.51. The standard InChI is InChI=1S/C22H17ClO3/c1-9-6-15-18(22(25)26-9)14-8-12(23)4-5-13(14)20-19(15)16-10-2-3-11(7-10)17(16)21(20)24/h4-6,8,10-11,16-17H,2-3,7H2,1H3/t10-,11+,16+,17-/m1/s1. The fourth-order valence-electron chi connectivity index (χ4n) is 6.16. The number of halogens is 1. The molecule has 0 aliphatic heterocycles. The Bertz CT molecular complexity index is 1210. The number of Topliss-reactive ketones (excluding diaryl/α,β-unsaturated/α-hetero) is 1. The summed E-state index contributed by atoms with van der Waals surface area (Å²) in [5.41, 5.74) is 1.60. The van der Waals surface area contributed by atoms with E-state index in [0.29, 0.717) is 28.0 Å². The van der Waals surface area contributed by atoms with E-state index in [1.165, 1.54) is 6.42 Å². The van der Waals surface area contributed by atoms with Crippen LogP contribution in [0.4, 0.5) is 0 Å². The van der Waals surface area contributed by atoms with E-state index < -0.39 is 0 Å². The molecule has 26 heavy (non-hydrogen) atoms. The molecule has 0 amide bonds. The van der Waals surface area contributed by atoms with Gasteiger partial charge in [0.2, 0.25) is 0 Å². The van der Waals surface area contributed by atoms with Gasteiger partial charge in [-0.15, -0.1) is 0 Å². The third-order valence-corrected chi connectivity index (χ3v) is 7.19. The first kappa shape index (κ1) is 15.0. The number of carbonyl (C=O) groups excluding carboxylic acids is 1. The van der Waals surface area contributed by atoms with Gasteiger partial charge in [-0.2, -0.15) is 0 Å². The van der Waals surface area contributed by atoms with Crippen LogP contribution in [0.25, 0.3) is 21.5 Å². The van der Waals surface area contributed by atoms with Crippen molar-refractivity contribution in [2.45, 2.75) is 32.1 Å². The van der Waals surface area contributed by atoms with Crippen LogP contribution < -0.4 is 5.63 Å². The molecule has 3 aliphatic rings. The van der Waals surface area contributed by atoms with Gasteiger partial charge in [0.15, 0.2) is 5.78 Å². The summed E-state index contributed by atoms with van der Waals surface area (Å²) in [4.78, 5) is 26.2. The van der Waals surface area contributed by atoms with Crippen LogP contribution in [0.1, 0.15) is 46.9 Å². The molecule has 3 aromatic rings. The lowest BCUT2D eigenvalue weighted by Crippen LogP contribution is -2.20. The van der Waals surface area contributed by atoms with Crippen LogP contribution in [-0.2, 0) is 0 Å². The fourth-order valence-corrected chi connectivity index (χ4v) is 6.33. The zero-order valence-electron chi connectivity index (χ0n) is 14.3. The molecule has 0 unspecified atom stereocenters. The Kier molecular flexibility index (Phi) is 2.75. The van der Waals surface area contributed by atoms with Crippen LogP contribution in [-0.4, -0.2) is 5.78 Å². The second-order valence-electron chi connectivity index (χ2n) is 8.16. The predicted molar refractivity (Wildman–Crippen MR) is 101 cm³/mol. The quantitative estimate of drug-likeness (QED) is 0.513. The van der Waals surface area contributed by atoms with Crippen LogP contribution in [0, 0.1) is 24.7 Å². The maximum atomic E-state index is 13.4. The monoisotopic (exact) mass is 364 g/mol. The molecule has 1 aromatic heterocycles. The van der Waals surface area contributed by atoms with E-state index in [1.807, 2.05) is 18.2 Å². The first-order valence-corrected chi connectivity index (χ1v) is 9.66. The minimum Gasteiger partial charge on any atom is -0.428 e. The number of ketones is 1. The summed E-state index contributed by atoms with van der Waals surface area (Å²) >= 11 is 6.22. The number of aryl methyl sites for hydroxylation is 1. The molecule has 2 saturated carbocycles. The largest absolute Gasteiger partial charge is 0.428 e. The van der Waals surface area contributed by atoms with Crippen LogP contribution >= 0.6 is 11.6 Å². The van der Waals surface area contributed by atoms with Gasteiger partial charge in [-0.05, 0) is 83.9 Å². The van der Waals surface area contributed by atoms with E-state index in [1.54, 1.807) is 13.0 Å². The van der Waals surface area contributed by atoms with Gasteiger partial charge in [-0.1, -0.05) is 17.7 Å². The highest BCUT2D eigenvalue weighted by atomic mass is 35.5. The normalized spacial score (nSPS) is 28.9. The summed E-state index contributed by atoms with van der Waals surface area (Å²) in [7, 11) is 0. The third-order valence-electron chi connectivity index (χ3n) is 6.95. The molecule has 2 aromatic carbocycles. The Morgan fingerprint density at radius 1 is 1.00 bits per heavy atom. The zero-order valence-corrected chi connectivity index (χ0v) is 15.1. The molecule has 0 N–H and O–H groups in total. The van der Waals surface area contributed by atoms with Crippen molar-refractivity contribution in [2.24, 2.45) is 17.8 Å². The Morgan fingerprint density at radius 2 is 1.77 bits per heavy atom. The first-order valence-electron chi connectivity index (χ1n) is 9.28. The summed E-state index contributed by atoms with van der Waals surface area (Å²) in [5.74, 6) is 2.29. The van der Waals surface area contributed by atoms with Crippen molar-refractivity contribution in [3.8, 4) is 0 Å². The smallest absolute Gasteiger partial charge is 0.344 e. The fraction of sp³-hybridized carbons (Fsp3) is 0.364. The number of benzene rings is 2. The molecule has 3 nitrogen and oxygen atoms in total. The number of fused-ring (bicyclic) bond motifs is 12. The molecule has 4 heteroatoms. The van der Waals surface area contributed by atoms with Crippen molar-refractivity contribution in [3.05, 3.63) is 56.6 Å². The average Bonchev–Trinajstić information content (AvgIpc) is 3.27. The molecule has 1 heterocycles. The van der Waals surface area contributed by atoms with Crippen LogP contribution in [0.15, 0.2) is 33.5 Å². The van der Waals surface area contributed by atoms with Crippen LogP contribution in [0.2, 0.25) is 5.02 Å². The molecule has 2 fully saturated rings. The minimum atomic E-state index is -0.339. The Labute approximate surface area is 154 Å². The van der Waals surface area contributed by atoms with Crippen molar-refractivity contribution in [1.82, 2.24) is 0 Å². The van der Waals surface area contributed by atoms with E-state index in [9.17, 15) is 9.59 Å². The van der Waals surface area contributed by atoms with Crippen molar-refractivity contribution in [1.29, 1.82) is 0 Å². The van der Waals surface area contributed by atoms with Crippen LogP contribution in [0.5, 0.6) is 0 Å². The van der Waals surface area contributed by atoms with E-state index in [4.69, 9.17) is 16.0 Å². The molecular weight excluding hydrogens is 348 g/mol. The lowest BCUT2D eigenvalue weighted by Gasteiger charge is -2.24. The number of carbonyl (C=O) groups is 1. The topological polar surface area (TPSA) is 47.3 Å². The van der Waals surface area contributed by atoms with E-state index in [-0.39, 0.29) is 23.2 Å². The molecular formula is C22H17ClO3. The Morgan fingerprint density at radius 3 is 2.58 bits per heavy atom. The second kappa shape index (κ2) is 4.77. The van der Waals surface area contributed by atoms with Crippen molar-refractivity contribution in [3.63, 3.8) is 0 Å². The Hall–Kier alpha value is -2.13. The summed E-state index contributed by atoms with van der Waals surface area (Å²) in [5, 5.41) is 3.62. The van der Waals surface area contributed by atoms with Gasteiger partial charge in [-0.3, -0.25) is 4.79 Å². The third kappa shape index (κ3) is 1.65. The zero-order chi connectivity index (χ0) is 17.7. The Balaban J connectivity index is 1.86. The molecule has 0 spiro atoms. The van der Waals surface area contributed by atoms with E-state index in [0.717, 1.165) is 40.1 Å². The minimum absolute atomic E-state index is 0.0979. The molecule has 4 atom stereocenters. The second-order valence-corrected chi connectivity index (χ2v) is 8.60. The maximum Gasteiger partial charge on any atom is 0.344 e. The number of hydrogen-bond acceptors (Lipinski definition) is 3. The van der Waals surface area contributed by atoms with Crippen molar-refractivity contribution < 1.29 is 9.21 Å². The van der Waals surface area contributed by atoms with E-state index >= 15 is 0 Å². The van der Waals surface area contributed by atoms with Gasteiger partial charge in [0.25, 0.3) is 0 Å². The van der Waals surface area contributed by atoms with Gasteiger partial charge in [-0.25, -0.2) is 4.79 Å². The maximum absolute atomic E-state index is 13.4. The lowest BCUT2D eigenvalue weighted by molar-refractivity contribution is 0.0884. The first-order chi connectivity index (χ1) is 12.5. The van der Waals surface area contributed by atoms with Gasteiger partial charge >= 0.3 is 5.63 Å². The van der Waals surface area contributed by atoms with E-state index in [2.05, 4.69) is 0 Å². The summed E-state index contributed by atoms with van der Waals surface area (Å²) in [6.45, 7) is 1.80. The van der Waals surface area contributed by atoms with Crippen molar-refractivity contribution in [2.75, 3.05) is 0 Å². The predicted octanol–water partition coefficient (Wildman–Crippen LogP) is 5.23. The lowest BCUT2D eigenvalue weighted by atomic mass is 9.78. The molecule has 6 rings (SSSR count). The SMILES string of the molecule is Cc1cc2c3c(c4ccc(Cl)cc4c2c(=O)o1)C(=O)[C@@H]1[C@H]2CC[C@H](C2)[C@H]31. The van der Waals surface area contributed by atoms with Gasteiger partial charge in [0, 0.05) is 16.5 Å². The highest BCUT2D eigenvalue weighted by molar-refractivity contribution is 6.32. The molecule has 0 saturated heterocycles. The highest BCUT2D eigenvalue weighted by Gasteiger charge is 2.56. The summed E-state index contributed by atoms with van der Waals surface area (Å²) < 4.78 is 5.41. The van der Waals surface area contributed by atoms with Gasteiger partial charge < -0.3 is 4.42 Å².